The zero-order chi connectivity index (χ0) is 15.1. The van der Waals surface area contributed by atoms with E-state index < -0.39 is 0 Å². The monoisotopic (exact) mass is 349 g/mol. The van der Waals surface area contributed by atoms with E-state index in [1.807, 2.05) is 12.4 Å². The maximum absolute atomic E-state index is 4.43. The van der Waals surface area contributed by atoms with Gasteiger partial charge in [-0.3, -0.25) is 0 Å². The number of hydrogen-bond acceptors (Lipinski definition) is 2. The highest BCUT2D eigenvalue weighted by molar-refractivity contribution is 9.10. The largest absolute Gasteiger partial charge is 0.338 e. The Labute approximate surface area is 135 Å². The Hall–Kier alpha value is -1.13. The van der Waals surface area contributed by atoms with Crippen LogP contribution in [0.3, 0.4) is 0 Å². The summed E-state index contributed by atoms with van der Waals surface area (Å²) in [7, 11) is 2.06. The van der Waals surface area contributed by atoms with Crippen molar-refractivity contribution in [2.45, 2.75) is 32.1 Å². The third-order valence-corrected chi connectivity index (χ3v) is 4.27. The first-order valence-electron chi connectivity index (χ1n) is 7.63. The van der Waals surface area contributed by atoms with Crippen molar-refractivity contribution in [1.29, 1.82) is 0 Å². The van der Waals surface area contributed by atoms with E-state index in [9.17, 15) is 0 Å². The standard InChI is InChI=1S/C17H24BrN3/c1-3-9-19-13-15(14-5-4-6-16(18)12-14)7-8-17-20-10-11-21(17)2/h4-6,10-12,15,19H,3,7-9,13H2,1-2H3. The minimum Gasteiger partial charge on any atom is -0.338 e. The molecule has 0 aliphatic carbocycles. The van der Waals surface area contributed by atoms with E-state index in [4.69, 9.17) is 0 Å². The molecule has 0 bridgehead atoms. The highest BCUT2D eigenvalue weighted by Gasteiger charge is 2.13. The van der Waals surface area contributed by atoms with Gasteiger partial charge in [-0.25, -0.2) is 4.98 Å². The molecule has 2 rings (SSSR count). The molecule has 0 fully saturated rings. The highest BCUT2D eigenvalue weighted by Crippen LogP contribution is 2.24. The number of aryl methyl sites for hydroxylation is 2. The van der Waals surface area contributed by atoms with Crippen LogP contribution in [0.15, 0.2) is 41.1 Å². The van der Waals surface area contributed by atoms with Crippen molar-refractivity contribution >= 4 is 15.9 Å². The quantitative estimate of drug-likeness (QED) is 0.732. The van der Waals surface area contributed by atoms with Gasteiger partial charge in [0, 0.05) is 36.9 Å². The molecule has 114 valence electrons. The smallest absolute Gasteiger partial charge is 0.108 e. The van der Waals surface area contributed by atoms with Crippen molar-refractivity contribution in [3.8, 4) is 0 Å². The fourth-order valence-corrected chi connectivity index (χ4v) is 2.96. The molecule has 0 aliphatic rings. The van der Waals surface area contributed by atoms with E-state index in [2.05, 4.69) is 69.0 Å². The average molecular weight is 350 g/mol. The SMILES string of the molecule is CCCNCC(CCc1nccn1C)c1cccc(Br)c1. The normalized spacial score (nSPS) is 12.5. The maximum Gasteiger partial charge on any atom is 0.108 e. The zero-order valence-corrected chi connectivity index (χ0v) is 14.4. The van der Waals surface area contributed by atoms with Crippen LogP contribution in [-0.2, 0) is 13.5 Å². The lowest BCUT2D eigenvalue weighted by molar-refractivity contribution is 0.538. The molecule has 0 aliphatic heterocycles. The van der Waals surface area contributed by atoms with Crippen LogP contribution in [0.25, 0.3) is 0 Å². The Morgan fingerprint density at radius 1 is 1.38 bits per heavy atom. The van der Waals surface area contributed by atoms with E-state index in [0.29, 0.717) is 5.92 Å². The average Bonchev–Trinajstić information content (AvgIpc) is 2.88. The molecule has 1 aromatic heterocycles. The van der Waals surface area contributed by atoms with Crippen LogP contribution < -0.4 is 5.32 Å². The first-order valence-corrected chi connectivity index (χ1v) is 8.42. The first-order chi connectivity index (χ1) is 10.2. The summed E-state index contributed by atoms with van der Waals surface area (Å²) in [5.41, 5.74) is 1.39. The summed E-state index contributed by atoms with van der Waals surface area (Å²) < 4.78 is 3.26. The van der Waals surface area contributed by atoms with Gasteiger partial charge in [-0.15, -0.1) is 0 Å². The van der Waals surface area contributed by atoms with E-state index in [1.165, 1.54) is 12.0 Å². The molecule has 0 amide bonds. The second kappa shape index (κ2) is 8.35. The molecule has 0 saturated heterocycles. The number of halogens is 1. The van der Waals surface area contributed by atoms with Crippen molar-refractivity contribution < 1.29 is 0 Å². The Morgan fingerprint density at radius 3 is 2.90 bits per heavy atom. The second-order valence-electron chi connectivity index (χ2n) is 5.45. The molecule has 0 spiro atoms. The summed E-state index contributed by atoms with van der Waals surface area (Å²) in [6.45, 7) is 4.30. The van der Waals surface area contributed by atoms with Gasteiger partial charge in [-0.05, 0) is 43.0 Å². The van der Waals surface area contributed by atoms with E-state index in [1.54, 1.807) is 0 Å². The maximum atomic E-state index is 4.43. The number of nitrogens with one attached hydrogen (secondary N) is 1. The van der Waals surface area contributed by atoms with Gasteiger partial charge in [0.15, 0.2) is 0 Å². The third kappa shape index (κ3) is 4.97. The summed E-state index contributed by atoms with van der Waals surface area (Å²) in [5.74, 6) is 1.68. The van der Waals surface area contributed by atoms with Crippen LogP contribution >= 0.6 is 15.9 Å². The molecule has 3 nitrogen and oxygen atoms in total. The molecule has 1 atom stereocenters. The van der Waals surface area contributed by atoms with E-state index in [0.717, 1.165) is 36.2 Å². The molecule has 1 heterocycles. The predicted octanol–water partition coefficient (Wildman–Crippen LogP) is 3.90. The van der Waals surface area contributed by atoms with Gasteiger partial charge in [0.25, 0.3) is 0 Å². The van der Waals surface area contributed by atoms with Gasteiger partial charge in [-0.2, -0.15) is 0 Å². The van der Waals surface area contributed by atoms with Crippen LogP contribution in [0.4, 0.5) is 0 Å². The fourth-order valence-electron chi connectivity index (χ4n) is 2.54. The summed E-state index contributed by atoms with van der Waals surface area (Å²) >= 11 is 3.58. The number of nitrogens with zero attached hydrogens (tertiary/aromatic N) is 2. The molecular formula is C17H24BrN3. The van der Waals surface area contributed by atoms with Crippen molar-refractivity contribution in [3.05, 3.63) is 52.5 Å². The van der Waals surface area contributed by atoms with Gasteiger partial charge in [-0.1, -0.05) is 35.0 Å². The zero-order valence-electron chi connectivity index (χ0n) is 12.8. The lowest BCUT2D eigenvalue weighted by Gasteiger charge is -2.18. The Balaban J connectivity index is 2.03. The predicted molar refractivity (Wildman–Crippen MR) is 91.6 cm³/mol. The van der Waals surface area contributed by atoms with Crippen molar-refractivity contribution in [1.82, 2.24) is 14.9 Å². The molecular weight excluding hydrogens is 326 g/mol. The minimum atomic E-state index is 0.519. The molecule has 1 unspecified atom stereocenters. The highest BCUT2D eigenvalue weighted by atomic mass is 79.9. The summed E-state index contributed by atoms with van der Waals surface area (Å²) in [6, 6.07) is 8.66. The van der Waals surface area contributed by atoms with Gasteiger partial charge < -0.3 is 9.88 Å². The lowest BCUT2D eigenvalue weighted by atomic mass is 9.94. The fraction of sp³-hybridized carbons (Fsp3) is 0.471. The first kappa shape index (κ1) is 16.2. The minimum absolute atomic E-state index is 0.519. The summed E-state index contributed by atoms with van der Waals surface area (Å²) in [6.07, 6.45) is 7.18. The number of hydrogen-bond donors (Lipinski definition) is 1. The number of aromatic nitrogens is 2. The van der Waals surface area contributed by atoms with Crippen LogP contribution in [0, 0.1) is 0 Å². The Bertz CT molecular complexity index is 550. The van der Waals surface area contributed by atoms with Crippen LogP contribution in [0.2, 0.25) is 0 Å². The Kier molecular flexibility index (Phi) is 6.46. The molecule has 2 aromatic rings. The molecule has 1 N–H and O–H groups in total. The van der Waals surface area contributed by atoms with Crippen molar-refractivity contribution in [3.63, 3.8) is 0 Å². The topological polar surface area (TPSA) is 29.9 Å². The van der Waals surface area contributed by atoms with Gasteiger partial charge in [0.05, 0.1) is 0 Å². The molecule has 0 saturated carbocycles. The van der Waals surface area contributed by atoms with Gasteiger partial charge >= 0.3 is 0 Å². The van der Waals surface area contributed by atoms with E-state index in [-0.39, 0.29) is 0 Å². The van der Waals surface area contributed by atoms with Crippen LogP contribution in [0.1, 0.15) is 37.1 Å². The number of rotatable bonds is 8. The van der Waals surface area contributed by atoms with Crippen molar-refractivity contribution in [2.75, 3.05) is 13.1 Å². The third-order valence-electron chi connectivity index (χ3n) is 3.77. The lowest BCUT2D eigenvalue weighted by Crippen LogP contribution is -2.23. The summed E-state index contributed by atoms with van der Waals surface area (Å²) in [5, 5.41) is 3.56. The number of imidazole rings is 1. The molecule has 0 radical (unpaired) electrons. The molecule has 4 heteroatoms. The van der Waals surface area contributed by atoms with Crippen LogP contribution in [-0.4, -0.2) is 22.6 Å². The molecule has 1 aromatic carbocycles. The molecule has 21 heavy (non-hydrogen) atoms. The second-order valence-corrected chi connectivity index (χ2v) is 6.36. The Morgan fingerprint density at radius 2 is 2.24 bits per heavy atom. The van der Waals surface area contributed by atoms with Gasteiger partial charge in [0.1, 0.15) is 5.82 Å². The summed E-state index contributed by atoms with van der Waals surface area (Å²) in [4.78, 5) is 4.43. The van der Waals surface area contributed by atoms with Gasteiger partial charge in [0.2, 0.25) is 0 Å². The van der Waals surface area contributed by atoms with Crippen LogP contribution in [0.5, 0.6) is 0 Å². The van der Waals surface area contributed by atoms with E-state index >= 15 is 0 Å². The van der Waals surface area contributed by atoms with Crippen molar-refractivity contribution in [2.24, 2.45) is 7.05 Å². The number of benzene rings is 1.